The summed E-state index contributed by atoms with van der Waals surface area (Å²) < 4.78 is 66.9. The molecule has 0 aliphatic rings. The van der Waals surface area contributed by atoms with E-state index in [0.717, 1.165) is 6.26 Å². The summed E-state index contributed by atoms with van der Waals surface area (Å²) in [6, 6.07) is 13.1. The van der Waals surface area contributed by atoms with E-state index < -0.39 is 20.1 Å². The third kappa shape index (κ3) is 5.54. The Morgan fingerprint density at radius 1 is 0.969 bits per heavy atom. The molecule has 3 rings (SSSR count). The molecule has 0 radical (unpaired) electrons. The first-order chi connectivity index (χ1) is 15.2. The summed E-state index contributed by atoms with van der Waals surface area (Å²) in [5, 5.41) is 0.702. The van der Waals surface area contributed by atoms with E-state index in [1.165, 1.54) is 36.7 Å². The van der Waals surface area contributed by atoms with Crippen LogP contribution in [0, 0.1) is 0 Å². The van der Waals surface area contributed by atoms with Crippen LogP contribution in [0.4, 0.5) is 0 Å². The van der Waals surface area contributed by atoms with Crippen molar-refractivity contribution in [2.24, 2.45) is 0 Å². The summed E-state index contributed by atoms with van der Waals surface area (Å²) in [4.78, 5) is 4.33. The summed E-state index contributed by atoms with van der Waals surface area (Å²) in [7, 11) is -4.90. The Hall–Kier alpha value is -2.73. The predicted octanol–water partition coefficient (Wildman–Crippen LogP) is 2.42. The fourth-order valence-corrected chi connectivity index (χ4v) is 5.19. The Morgan fingerprint density at radius 3 is 2.41 bits per heavy atom. The second kappa shape index (κ2) is 9.82. The van der Waals surface area contributed by atoms with Crippen molar-refractivity contribution in [3.05, 3.63) is 60.3 Å². The maximum atomic E-state index is 13.6. The van der Waals surface area contributed by atoms with Gasteiger partial charge in [0.1, 0.15) is 4.90 Å². The summed E-state index contributed by atoms with van der Waals surface area (Å²) in [5.41, 5.74) is 0.880. The van der Waals surface area contributed by atoms with Gasteiger partial charge in [-0.2, -0.15) is 12.7 Å². The van der Waals surface area contributed by atoms with Crippen molar-refractivity contribution < 1.29 is 30.5 Å². The third-order valence-electron chi connectivity index (χ3n) is 4.59. The molecule has 2 aromatic carbocycles. The van der Waals surface area contributed by atoms with Crippen molar-refractivity contribution in [2.45, 2.75) is 11.4 Å². The highest BCUT2D eigenvalue weighted by molar-refractivity contribution is 7.89. The van der Waals surface area contributed by atoms with Crippen LogP contribution in [0.25, 0.3) is 10.9 Å². The highest BCUT2D eigenvalue weighted by Crippen LogP contribution is 2.31. The van der Waals surface area contributed by atoms with E-state index in [1.807, 2.05) is 0 Å². The van der Waals surface area contributed by atoms with E-state index in [-0.39, 0.29) is 36.1 Å². The Labute approximate surface area is 187 Å². The van der Waals surface area contributed by atoms with Crippen molar-refractivity contribution in [2.75, 3.05) is 33.6 Å². The highest BCUT2D eigenvalue weighted by Gasteiger charge is 2.27. The van der Waals surface area contributed by atoms with Crippen LogP contribution in [-0.2, 0) is 31.4 Å². The number of pyridine rings is 1. The molecule has 0 aliphatic carbocycles. The predicted molar refractivity (Wildman–Crippen MR) is 120 cm³/mol. The lowest BCUT2D eigenvalue weighted by Gasteiger charge is -2.23. The fraction of sp³-hybridized carbons (Fsp3) is 0.286. The van der Waals surface area contributed by atoms with E-state index in [9.17, 15) is 16.8 Å². The molecular formula is C21H24N2O7S2. The molecule has 3 aromatic rings. The zero-order valence-corrected chi connectivity index (χ0v) is 19.5. The van der Waals surface area contributed by atoms with Gasteiger partial charge in [-0.1, -0.05) is 24.3 Å². The Morgan fingerprint density at radius 2 is 1.72 bits per heavy atom. The van der Waals surface area contributed by atoms with Crippen molar-refractivity contribution >= 4 is 31.0 Å². The van der Waals surface area contributed by atoms with E-state index in [4.69, 9.17) is 13.7 Å². The van der Waals surface area contributed by atoms with Crippen LogP contribution in [0.1, 0.15) is 5.56 Å². The van der Waals surface area contributed by atoms with Crippen molar-refractivity contribution in [3.63, 3.8) is 0 Å². The lowest BCUT2D eigenvalue weighted by molar-refractivity contribution is 0.177. The van der Waals surface area contributed by atoms with Gasteiger partial charge in [-0.3, -0.25) is 4.98 Å². The van der Waals surface area contributed by atoms with Crippen LogP contribution in [-0.4, -0.2) is 59.8 Å². The third-order valence-corrected chi connectivity index (χ3v) is 6.95. The second-order valence-corrected chi connectivity index (χ2v) is 10.4. The minimum Gasteiger partial charge on any atom is -0.493 e. The van der Waals surface area contributed by atoms with Gasteiger partial charge in [0.25, 0.3) is 0 Å². The standard InChI is InChI=1S/C21H24N2O7S2/c1-28-13-12-23(15-16-9-10-18(29-2)19(14-16)30-31(3,24)25)32(26,27)20-8-4-6-17-7-5-11-22-21(17)20/h4-11,14H,12-13,15H2,1-3H3. The molecule has 32 heavy (non-hydrogen) atoms. The van der Waals surface area contributed by atoms with Crippen molar-refractivity contribution in [1.82, 2.24) is 9.29 Å². The largest absolute Gasteiger partial charge is 0.493 e. The number of ether oxygens (including phenoxy) is 2. The molecule has 1 heterocycles. The number of rotatable bonds is 10. The van der Waals surface area contributed by atoms with Gasteiger partial charge in [-0.25, -0.2) is 8.42 Å². The quantitative estimate of drug-likeness (QED) is 0.407. The molecule has 0 N–H and O–H groups in total. The van der Waals surface area contributed by atoms with Gasteiger partial charge in [0.05, 0.1) is 25.5 Å². The number of para-hydroxylation sites is 1. The zero-order chi connectivity index (χ0) is 23.4. The van der Waals surface area contributed by atoms with Gasteiger partial charge in [-0.05, 0) is 29.8 Å². The maximum Gasteiger partial charge on any atom is 0.306 e. The summed E-state index contributed by atoms with van der Waals surface area (Å²) >= 11 is 0. The van der Waals surface area contributed by atoms with Crippen LogP contribution in [0.3, 0.4) is 0 Å². The van der Waals surface area contributed by atoms with Gasteiger partial charge in [0, 0.05) is 31.8 Å². The molecule has 0 saturated heterocycles. The maximum absolute atomic E-state index is 13.6. The molecule has 0 amide bonds. The monoisotopic (exact) mass is 480 g/mol. The van der Waals surface area contributed by atoms with E-state index in [0.29, 0.717) is 16.5 Å². The van der Waals surface area contributed by atoms with E-state index >= 15 is 0 Å². The normalized spacial score (nSPS) is 12.2. The molecule has 11 heteroatoms. The second-order valence-electron chi connectivity index (χ2n) is 6.94. The van der Waals surface area contributed by atoms with Crippen LogP contribution in [0.5, 0.6) is 11.5 Å². The van der Waals surface area contributed by atoms with Crippen LogP contribution < -0.4 is 8.92 Å². The fourth-order valence-electron chi connectivity index (χ4n) is 3.15. The molecule has 0 fully saturated rings. The van der Waals surface area contributed by atoms with E-state index in [2.05, 4.69) is 4.98 Å². The van der Waals surface area contributed by atoms with Gasteiger partial charge >= 0.3 is 10.1 Å². The lowest BCUT2D eigenvalue weighted by atomic mass is 10.2. The number of nitrogens with zero attached hydrogens (tertiary/aromatic N) is 2. The minimum absolute atomic E-state index is 0.0246. The molecule has 0 spiro atoms. The number of sulfonamides is 1. The molecule has 1 aromatic heterocycles. The number of fused-ring (bicyclic) bond motifs is 1. The van der Waals surface area contributed by atoms with Gasteiger partial charge in [0.2, 0.25) is 10.0 Å². The topological polar surface area (TPSA) is 112 Å². The smallest absolute Gasteiger partial charge is 0.306 e. The highest BCUT2D eigenvalue weighted by atomic mass is 32.2. The van der Waals surface area contributed by atoms with Gasteiger partial charge in [-0.15, -0.1) is 0 Å². The van der Waals surface area contributed by atoms with Crippen molar-refractivity contribution in [1.29, 1.82) is 0 Å². The number of hydrogen-bond donors (Lipinski definition) is 0. The molecule has 0 unspecified atom stereocenters. The molecule has 0 atom stereocenters. The Kier molecular flexibility index (Phi) is 7.34. The first-order valence-corrected chi connectivity index (χ1v) is 12.8. The average molecular weight is 481 g/mol. The SMILES string of the molecule is COCCN(Cc1ccc(OC)c(OS(C)(=O)=O)c1)S(=O)(=O)c1cccc2cccnc12. The number of benzene rings is 2. The van der Waals surface area contributed by atoms with Gasteiger partial charge < -0.3 is 13.7 Å². The summed E-state index contributed by atoms with van der Waals surface area (Å²) in [6.07, 6.45) is 2.46. The number of hydrogen-bond acceptors (Lipinski definition) is 8. The minimum atomic E-state index is -3.96. The number of methoxy groups -OCH3 is 2. The van der Waals surface area contributed by atoms with Gasteiger partial charge in [0.15, 0.2) is 11.5 Å². The van der Waals surface area contributed by atoms with Crippen LogP contribution in [0.2, 0.25) is 0 Å². The Balaban J connectivity index is 2.02. The Bertz CT molecular complexity index is 1300. The van der Waals surface area contributed by atoms with E-state index in [1.54, 1.807) is 36.5 Å². The van der Waals surface area contributed by atoms with Crippen LogP contribution >= 0.6 is 0 Å². The molecule has 0 bridgehead atoms. The zero-order valence-electron chi connectivity index (χ0n) is 17.9. The van der Waals surface area contributed by atoms with Crippen molar-refractivity contribution in [3.8, 4) is 11.5 Å². The average Bonchev–Trinajstić information content (AvgIpc) is 2.75. The summed E-state index contributed by atoms with van der Waals surface area (Å²) in [6.45, 7) is 0.204. The molecule has 0 saturated carbocycles. The lowest BCUT2D eigenvalue weighted by Crippen LogP contribution is -2.33. The molecule has 9 nitrogen and oxygen atoms in total. The van der Waals surface area contributed by atoms with Crippen LogP contribution in [0.15, 0.2) is 59.6 Å². The number of aromatic nitrogens is 1. The first kappa shape index (κ1) is 23.9. The molecule has 172 valence electrons. The molecular weight excluding hydrogens is 456 g/mol. The molecule has 0 aliphatic heterocycles. The first-order valence-electron chi connectivity index (χ1n) is 9.55. The summed E-state index contributed by atoms with van der Waals surface area (Å²) in [5.74, 6) is 0.187.